The van der Waals surface area contributed by atoms with E-state index < -0.39 is 0 Å². The molecule has 0 aliphatic carbocycles. The second-order valence-electron chi connectivity index (χ2n) is 3.82. The normalized spacial score (nSPS) is 10.4. The highest BCUT2D eigenvalue weighted by Gasteiger charge is 2.07. The van der Waals surface area contributed by atoms with Gasteiger partial charge in [-0.05, 0) is 30.3 Å². The smallest absolute Gasteiger partial charge is 0.124 e. The molecule has 2 nitrogen and oxygen atoms in total. The molecule has 0 N–H and O–H groups in total. The van der Waals surface area contributed by atoms with Crippen molar-refractivity contribution in [1.82, 2.24) is 4.98 Å². The zero-order valence-electron chi connectivity index (χ0n) is 9.22. The Morgan fingerprint density at radius 3 is 2.89 bits per heavy atom. The SMILES string of the molecule is N#Cc1cccc(-c2nc3ccc(Cl)cc3s2)c1. The minimum Gasteiger partial charge on any atom is -0.236 e. The summed E-state index contributed by atoms with van der Waals surface area (Å²) in [7, 11) is 0. The summed E-state index contributed by atoms with van der Waals surface area (Å²) in [4.78, 5) is 4.55. The van der Waals surface area contributed by atoms with Gasteiger partial charge in [-0.2, -0.15) is 5.26 Å². The van der Waals surface area contributed by atoms with Crippen molar-refractivity contribution in [2.45, 2.75) is 0 Å². The van der Waals surface area contributed by atoms with Crippen LogP contribution in [0.15, 0.2) is 42.5 Å². The predicted molar refractivity (Wildman–Crippen MR) is 74.8 cm³/mol. The van der Waals surface area contributed by atoms with Gasteiger partial charge in [-0.15, -0.1) is 11.3 Å². The van der Waals surface area contributed by atoms with Crippen LogP contribution in [0.5, 0.6) is 0 Å². The Kier molecular flexibility index (Phi) is 2.75. The van der Waals surface area contributed by atoms with E-state index in [-0.39, 0.29) is 0 Å². The Labute approximate surface area is 113 Å². The highest BCUT2D eigenvalue weighted by Crippen LogP contribution is 2.31. The Bertz CT molecular complexity index is 771. The fourth-order valence-electron chi connectivity index (χ4n) is 1.74. The van der Waals surface area contributed by atoms with Crippen molar-refractivity contribution >= 4 is 33.2 Å². The summed E-state index contributed by atoms with van der Waals surface area (Å²) in [6.07, 6.45) is 0. The molecule has 0 fully saturated rings. The van der Waals surface area contributed by atoms with Gasteiger partial charge in [0, 0.05) is 10.6 Å². The number of hydrogen-bond donors (Lipinski definition) is 0. The lowest BCUT2D eigenvalue weighted by Crippen LogP contribution is -1.78. The molecule has 0 aliphatic rings. The van der Waals surface area contributed by atoms with E-state index in [1.807, 2.05) is 36.4 Å². The molecule has 0 saturated carbocycles. The highest BCUT2D eigenvalue weighted by molar-refractivity contribution is 7.21. The van der Waals surface area contributed by atoms with Gasteiger partial charge >= 0.3 is 0 Å². The summed E-state index contributed by atoms with van der Waals surface area (Å²) in [6, 6.07) is 15.2. The van der Waals surface area contributed by atoms with Crippen LogP contribution in [-0.2, 0) is 0 Å². The first-order valence-corrected chi connectivity index (χ1v) is 6.52. The Balaban J connectivity index is 2.16. The molecule has 18 heavy (non-hydrogen) atoms. The van der Waals surface area contributed by atoms with Crippen LogP contribution in [0, 0.1) is 11.3 Å². The van der Waals surface area contributed by atoms with E-state index in [0.29, 0.717) is 10.6 Å². The molecule has 1 aromatic heterocycles. The summed E-state index contributed by atoms with van der Waals surface area (Å²) >= 11 is 7.54. The molecule has 0 amide bonds. The Morgan fingerprint density at radius 2 is 2.06 bits per heavy atom. The number of nitrogens with zero attached hydrogens (tertiary/aromatic N) is 2. The minimum absolute atomic E-state index is 0.643. The standard InChI is InChI=1S/C14H7ClN2S/c15-11-4-5-12-13(7-11)18-14(17-12)10-3-1-2-9(6-10)8-16/h1-7H. The van der Waals surface area contributed by atoms with Crippen LogP contribution in [0.3, 0.4) is 0 Å². The van der Waals surface area contributed by atoms with Gasteiger partial charge in [-0.25, -0.2) is 4.98 Å². The molecule has 4 heteroatoms. The Hall–Kier alpha value is -1.89. The molecular formula is C14H7ClN2S. The molecule has 0 atom stereocenters. The topological polar surface area (TPSA) is 36.7 Å². The largest absolute Gasteiger partial charge is 0.236 e. The lowest BCUT2D eigenvalue weighted by atomic mass is 10.1. The third-order valence-electron chi connectivity index (χ3n) is 2.59. The quantitative estimate of drug-likeness (QED) is 0.653. The summed E-state index contributed by atoms with van der Waals surface area (Å²) in [6.45, 7) is 0. The Morgan fingerprint density at radius 1 is 1.17 bits per heavy atom. The van der Waals surface area contributed by atoms with Crippen LogP contribution in [0.2, 0.25) is 5.02 Å². The van der Waals surface area contributed by atoms with Gasteiger partial charge < -0.3 is 0 Å². The number of fused-ring (bicyclic) bond motifs is 1. The predicted octanol–water partition coefficient (Wildman–Crippen LogP) is 4.49. The van der Waals surface area contributed by atoms with E-state index in [9.17, 15) is 0 Å². The molecule has 0 aliphatic heterocycles. The maximum atomic E-state index is 8.90. The fourth-order valence-corrected chi connectivity index (χ4v) is 2.98. The van der Waals surface area contributed by atoms with Crippen LogP contribution in [0.1, 0.15) is 5.56 Å². The van der Waals surface area contributed by atoms with Gasteiger partial charge in [-0.1, -0.05) is 23.7 Å². The number of hydrogen-bond acceptors (Lipinski definition) is 3. The summed E-state index contributed by atoms with van der Waals surface area (Å²) in [5.41, 5.74) is 2.54. The number of aromatic nitrogens is 1. The van der Waals surface area contributed by atoms with Crippen molar-refractivity contribution < 1.29 is 0 Å². The van der Waals surface area contributed by atoms with Crippen molar-refractivity contribution in [3.63, 3.8) is 0 Å². The van der Waals surface area contributed by atoms with Gasteiger partial charge in [0.1, 0.15) is 5.01 Å². The van der Waals surface area contributed by atoms with E-state index in [4.69, 9.17) is 16.9 Å². The van der Waals surface area contributed by atoms with Gasteiger partial charge in [0.05, 0.1) is 21.8 Å². The molecule has 1 heterocycles. The molecule has 0 spiro atoms. The summed E-state index contributed by atoms with van der Waals surface area (Å²) in [5.74, 6) is 0. The van der Waals surface area contributed by atoms with E-state index in [1.165, 1.54) is 0 Å². The second kappa shape index (κ2) is 4.41. The second-order valence-corrected chi connectivity index (χ2v) is 5.29. The van der Waals surface area contributed by atoms with Crippen LogP contribution < -0.4 is 0 Å². The van der Waals surface area contributed by atoms with Crippen LogP contribution in [0.25, 0.3) is 20.8 Å². The van der Waals surface area contributed by atoms with Gasteiger partial charge in [0.25, 0.3) is 0 Å². The monoisotopic (exact) mass is 270 g/mol. The third-order valence-corrected chi connectivity index (χ3v) is 3.89. The van der Waals surface area contributed by atoms with Crippen LogP contribution in [-0.4, -0.2) is 4.98 Å². The average molecular weight is 271 g/mol. The van der Waals surface area contributed by atoms with E-state index >= 15 is 0 Å². The molecule has 0 unspecified atom stereocenters. The molecule has 0 radical (unpaired) electrons. The van der Waals surface area contributed by atoms with Crippen LogP contribution in [0.4, 0.5) is 0 Å². The van der Waals surface area contributed by atoms with E-state index in [0.717, 1.165) is 20.8 Å². The lowest BCUT2D eigenvalue weighted by Gasteiger charge is -1.95. The maximum Gasteiger partial charge on any atom is 0.124 e. The maximum absolute atomic E-state index is 8.90. The molecule has 86 valence electrons. The van der Waals surface area contributed by atoms with Gasteiger partial charge in [-0.3, -0.25) is 0 Å². The molecule has 3 aromatic rings. The number of nitriles is 1. The van der Waals surface area contributed by atoms with Crippen LogP contribution >= 0.6 is 22.9 Å². The van der Waals surface area contributed by atoms with Crippen molar-refractivity contribution in [3.05, 3.63) is 53.1 Å². The highest BCUT2D eigenvalue weighted by atomic mass is 35.5. The first kappa shape index (κ1) is 11.2. The molecule has 2 aromatic carbocycles. The molecule has 3 rings (SSSR count). The number of halogens is 1. The number of rotatable bonds is 1. The minimum atomic E-state index is 0.643. The van der Waals surface area contributed by atoms with E-state index in [1.54, 1.807) is 17.4 Å². The fraction of sp³-hybridized carbons (Fsp3) is 0. The molecular weight excluding hydrogens is 264 g/mol. The van der Waals surface area contributed by atoms with Crippen molar-refractivity contribution in [3.8, 4) is 16.6 Å². The van der Waals surface area contributed by atoms with Crippen molar-refractivity contribution in [2.24, 2.45) is 0 Å². The summed E-state index contributed by atoms with van der Waals surface area (Å²) < 4.78 is 1.06. The third kappa shape index (κ3) is 1.97. The first-order chi connectivity index (χ1) is 8.76. The molecule has 0 saturated heterocycles. The average Bonchev–Trinajstić information content (AvgIpc) is 2.81. The number of benzene rings is 2. The lowest BCUT2D eigenvalue weighted by molar-refractivity contribution is 1.45. The van der Waals surface area contributed by atoms with E-state index in [2.05, 4.69) is 11.1 Å². The van der Waals surface area contributed by atoms with Gasteiger partial charge in [0.15, 0.2) is 0 Å². The summed E-state index contributed by atoms with van der Waals surface area (Å²) in [5, 5.41) is 10.5. The van der Waals surface area contributed by atoms with Crippen molar-refractivity contribution in [1.29, 1.82) is 5.26 Å². The first-order valence-electron chi connectivity index (χ1n) is 5.33. The molecule has 0 bridgehead atoms. The van der Waals surface area contributed by atoms with Crippen molar-refractivity contribution in [2.75, 3.05) is 0 Å². The number of thiazole rings is 1. The zero-order valence-corrected chi connectivity index (χ0v) is 10.8. The zero-order chi connectivity index (χ0) is 12.5. The van der Waals surface area contributed by atoms with Gasteiger partial charge in [0.2, 0.25) is 0 Å².